The second-order valence-corrected chi connectivity index (χ2v) is 11.3. The van der Waals surface area contributed by atoms with Crippen molar-refractivity contribution in [1.29, 1.82) is 5.26 Å². The van der Waals surface area contributed by atoms with Crippen molar-refractivity contribution in [2.24, 2.45) is 5.92 Å². The summed E-state index contributed by atoms with van der Waals surface area (Å²) < 4.78 is 32.4. The van der Waals surface area contributed by atoms with E-state index in [-0.39, 0.29) is 35.9 Å². The van der Waals surface area contributed by atoms with Gasteiger partial charge in [0, 0.05) is 32.0 Å². The second-order valence-electron chi connectivity index (χ2n) is 9.58. The highest BCUT2D eigenvalue weighted by Crippen LogP contribution is 2.28. The van der Waals surface area contributed by atoms with Gasteiger partial charge in [0.2, 0.25) is 21.8 Å². The first-order valence-corrected chi connectivity index (χ1v) is 14.6. The summed E-state index contributed by atoms with van der Waals surface area (Å²) in [7, 11) is -3.84. The number of likely N-dealkylation sites (tertiary alicyclic amines) is 1. The Morgan fingerprint density at radius 1 is 1.18 bits per heavy atom. The predicted molar refractivity (Wildman–Crippen MR) is 142 cm³/mol. The van der Waals surface area contributed by atoms with E-state index >= 15 is 0 Å². The van der Waals surface area contributed by atoms with Gasteiger partial charge in [0.15, 0.2) is 0 Å². The number of esters is 1. The standard InChI is InChI=1S/C27H31N5O6S/c1-2-38-27(35)22-15-21(16-28)25(29-23(22)17-32-12-6-9-24(32)33)31-13-10-20(11-14-31)26(34)30-39(36,37)18-19-7-4-3-5-8-19/h3-5,7-8,15,20H,2,6,9-14,17-18H2,1H3,(H,30,34). The number of aromatic nitrogens is 1. The summed E-state index contributed by atoms with van der Waals surface area (Å²) in [6.45, 7) is 3.25. The summed E-state index contributed by atoms with van der Waals surface area (Å²) in [4.78, 5) is 45.8. The van der Waals surface area contributed by atoms with Gasteiger partial charge in [0.1, 0.15) is 11.9 Å². The Hall–Kier alpha value is -3.98. The van der Waals surface area contributed by atoms with E-state index in [4.69, 9.17) is 4.74 Å². The average Bonchev–Trinajstić information content (AvgIpc) is 3.32. The van der Waals surface area contributed by atoms with Gasteiger partial charge in [0.25, 0.3) is 0 Å². The van der Waals surface area contributed by atoms with Crippen LogP contribution in [0.3, 0.4) is 0 Å². The van der Waals surface area contributed by atoms with Crippen molar-refractivity contribution < 1.29 is 27.5 Å². The minimum atomic E-state index is -3.84. The number of ether oxygens (including phenoxy) is 1. The van der Waals surface area contributed by atoms with Crippen LogP contribution in [0.1, 0.15) is 59.8 Å². The van der Waals surface area contributed by atoms with E-state index in [2.05, 4.69) is 15.8 Å². The molecule has 2 aliphatic heterocycles. The lowest BCUT2D eigenvalue weighted by Gasteiger charge is -2.33. The number of amides is 2. The first-order valence-electron chi connectivity index (χ1n) is 12.9. The third-order valence-corrected chi connectivity index (χ3v) is 8.06. The van der Waals surface area contributed by atoms with Crippen LogP contribution < -0.4 is 9.62 Å². The lowest BCUT2D eigenvalue weighted by molar-refractivity contribution is -0.128. The van der Waals surface area contributed by atoms with Gasteiger partial charge in [-0.15, -0.1) is 0 Å². The number of nitrogens with zero attached hydrogens (tertiary/aromatic N) is 4. The fraction of sp³-hybridized carbons (Fsp3) is 0.444. The molecule has 11 nitrogen and oxygen atoms in total. The quantitative estimate of drug-likeness (QED) is 0.461. The van der Waals surface area contributed by atoms with Crippen molar-refractivity contribution in [2.45, 2.75) is 44.9 Å². The van der Waals surface area contributed by atoms with Gasteiger partial charge in [0.05, 0.1) is 35.7 Å². The molecule has 4 rings (SSSR count). The molecule has 2 saturated heterocycles. The Morgan fingerprint density at radius 3 is 2.51 bits per heavy atom. The Kier molecular flexibility index (Phi) is 8.81. The zero-order valence-electron chi connectivity index (χ0n) is 21.8. The third kappa shape index (κ3) is 6.92. The van der Waals surface area contributed by atoms with Crippen LogP contribution in [0.25, 0.3) is 0 Å². The van der Waals surface area contributed by atoms with Gasteiger partial charge in [-0.25, -0.2) is 18.2 Å². The van der Waals surface area contributed by atoms with E-state index in [0.717, 1.165) is 6.42 Å². The molecule has 0 aliphatic carbocycles. The van der Waals surface area contributed by atoms with Gasteiger partial charge in [-0.3, -0.25) is 14.3 Å². The number of hydrogen-bond donors (Lipinski definition) is 1. The van der Waals surface area contributed by atoms with E-state index in [9.17, 15) is 28.1 Å². The third-order valence-electron chi connectivity index (χ3n) is 6.83. The Bertz CT molecular complexity index is 1380. The number of nitrogens with one attached hydrogen (secondary N) is 1. The maximum atomic E-state index is 12.8. The first kappa shape index (κ1) is 28.0. The average molecular weight is 554 g/mol. The molecule has 0 atom stereocenters. The minimum absolute atomic E-state index is 0.0217. The van der Waals surface area contributed by atoms with Crippen molar-refractivity contribution >= 4 is 33.6 Å². The van der Waals surface area contributed by atoms with Crippen molar-refractivity contribution in [1.82, 2.24) is 14.6 Å². The van der Waals surface area contributed by atoms with Gasteiger partial charge in [-0.2, -0.15) is 5.26 Å². The Balaban J connectivity index is 1.48. The summed E-state index contributed by atoms with van der Waals surface area (Å²) in [6, 6.07) is 12.2. The zero-order chi connectivity index (χ0) is 28.0. The van der Waals surface area contributed by atoms with Gasteiger partial charge < -0.3 is 14.5 Å². The lowest BCUT2D eigenvalue weighted by atomic mass is 9.96. The molecule has 1 aromatic carbocycles. The van der Waals surface area contributed by atoms with Crippen molar-refractivity contribution in [2.75, 3.05) is 31.1 Å². The Morgan fingerprint density at radius 2 is 1.90 bits per heavy atom. The van der Waals surface area contributed by atoms with E-state index in [1.165, 1.54) is 6.07 Å². The predicted octanol–water partition coefficient (Wildman–Crippen LogP) is 2.11. The molecule has 3 heterocycles. The zero-order valence-corrected chi connectivity index (χ0v) is 22.6. The largest absolute Gasteiger partial charge is 0.462 e. The fourth-order valence-corrected chi connectivity index (χ4v) is 6.02. The number of nitriles is 1. The normalized spacial score (nSPS) is 16.2. The van der Waals surface area contributed by atoms with Crippen LogP contribution in [0.5, 0.6) is 0 Å². The van der Waals surface area contributed by atoms with Gasteiger partial charge in [-0.1, -0.05) is 30.3 Å². The van der Waals surface area contributed by atoms with Crippen LogP contribution in [0.4, 0.5) is 5.82 Å². The highest BCUT2D eigenvalue weighted by molar-refractivity contribution is 7.89. The second kappa shape index (κ2) is 12.3. The summed E-state index contributed by atoms with van der Waals surface area (Å²) in [6.07, 6.45) is 1.89. The van der Waals surface area contributed by atoms with Crippen LogP contribution in [0.2, 0.25) is 0 Å². The summed E-state index contributed by atoms with van der Waals surface area (Å²) in [5.41, 5.74) is 1.27. The topological polar surface area (TPSA) is 150 Å². The molecular weight excluding hydrogens is 522 g/mol. The monoisotopic (exact) mass is 553 g/mol. The number of hydrogen-bond acceptors (Lipinski definition) is 9. The number of sulfonamides is 1. The first-order chi connectivity index (χ1) is 18.7. The van der Waals surface area contributed by atoms with Crippen molar-refractivity contribution in [3.8, 4) is 6.07 Å². The molecule has 1 aromatic heterocycles. The molecule has 2 amide bonds. The van der Waals surface area contributed by atoms with Gasteiger partial charge >= 0.3 is 5.97 Å². The van der Waals surface area contributed by atoms with Crippen molar-refractivity contribution in [3.05, 3.63) is 58.8 Å². The summed E-state index contributed by atoms with van der Waals surface area (Å²) in [5, 5.41) is 9.83. The summed E-state index contributed by atoms with van der Waals surface area (Å²) in [5.74, 6) is -1.62. The molecule has 0 radical (unpaired) electrons. The van der Waals surface area contributed by atoms with E-state index in [1.54, 1.807) is 42.2 Å². The molecule has 2 aromatic rings. The SMILES string of the molecule is CCOC(=O)c1cc(C#N)c(N2CCC(C(=O)NS(=O)(=O)Cc3ccccc3)CC2)nc1CN1CCCC1=O. The van der Waals surface area contributed by atoms with Crippen LogP contribution in [-0.2, 0) is 36.6 Å². The van der Waals surface area contributed by atoms with Crippen LogP contribution in [0, 0.1) is 17.2 Å². The molecule has 12 heteroatoms. The molecule has 39 heavy (non-hydrogen) atoms. The van der Waals surface area contributed by atoms with Gasteiger partial charge in [-0.05, 0) is 37.8 Å². The molecule has 1 N–H and O–H groups in total. The number of benzene rings is 1. The highest BCUT2D eigenvalue weighted by Gasteiger charge is 2.31. The highest BCUT2D eigenvalue weighted by atomic mass is 32.2. The van der Waals surface area contributed by atoms with Crippen LogP contribution in [0.15, 0.2) is 36.4 Å². The number of rotatable bonds is 9. The van der Waals surface area contributed by atoms with E-state index < -0.39 is 27.8 Å². The van der Waals surface area contributed by atoms with E-state index in [0.29, 0.717) is 56.0 Å². The van der Waals surface area contributed by atoms with E-state index in [1.807, 2.05) is 4.90 Å². The van der Waals surface area contributed by atoms with Crippen LogP contribution >= 0.6 is 0 Å². The maximum Gasteiger partial charge on any atom is 0.340 e. The number of carbonyl (C=O) groups excluding carboxylic acids is 3. The lowest BCUT2D eigenvalue weighted by Crippen LogP contribution is -2.43. The molecule has 0 unspecified atom stereocenters. The fourth-order valence-electron chi connectivity index (χ4n) is 4.84. The Labute approximate surface area is 227 Å². The molecule has 0 spiro atoms. The smallest absolute Gasteiger partial charge is 0.340 e. The molecule has 2 fully saturated rings. The molecule has 206 valence electrons. The number of piperidine rings is 1. The number of carbonyl (C=O) groups is 3. The minimum Gasteiger partial charge on any atom is -0.462 e. The number of pyridine rings is 1. The molecule has 0 bridgehead atoms. The molecule has 0 saturated carbocycles. The van der Waals surface area contributed by atoms with Crippen LogP contribution in [-0.4, -0.2) is 62.3 Å². The molecule has 2 aliphatic rings. The van der Waals surface area contributed by atoms with Crippen molar-refractivity contribution in [3.63, 3.8) is 0 Å². The molecular formula is C27H31N5O6S. The number of anilines is 1. The maximum absolute atomic E-state index is 12.8. The summed E-state index contributed by atoms with van der Waals surface area (Å²) >= 11 is 0.